The van der Waals surface area contributed by atoms with E-state index < -0.39 is 0 Å². The van der Waals surface area contributed by atoms with Crippen LogP contribution in [-0.2, 0) is 12.4 Å². The fourth-order valence-corrected chi connectivity index (χ4v) is 3.76. The first kappa shape index (κ1) is 14.3. The zero-order valence-electron chi connectivity index (χ0n) is 11.4. The van der Waals surface area contributed by atoms with Crippen LogP contribution in [0.2, 0.25) is 0 Å². The molecule has 0 aliphatic heterocycles. The second kappa shape index (κ2) is 5.64. The molecule has 1 saturated carbocycles. The summed E-state index contributed by atoms with van der Waals surface area (Å²) in [6.07, 6.45) is 3.76. The summed E-state index contributed by atoms with van der Waals surface area (Å²) in [5.74, 6) is 2.38. The Labute approximate surface area is 131 Å². The molecule has 0 amide bonds. The first-order valence-corrected chi connectivity index (χ1v) is 8.31. The third-order valence-corrected chi connectivity index (χ3v) is 5.08. The van der Waals surface area contributed by atoms with Crippen molar-refractivity contribution < 1.29 is 4.39 Å². The highest BCUT2D eigenvalue weighted by atomic mass is 79.9. The van der Waals surface area contributed by atoms with Crippen molar-refractivity contribution in [3.05, 3.63) is 28.2 Å². The fourth-order valence-electron chi connectivity index (χ4n) is 3.22. The van der Waals surface area contributed by atoms with Gasteiger partial charge in [0.1, 0.15) is 11.6 Å². The van der Waals surface area contributed by atoms with Gasteiger partial charge in [-0.1, -0.05) is 13.3 Å². The van der Waals surface area contributed by atoms with E-state index in [0.29, 0.717) is 16.3 Å². The summed E-state index contributed by atoms with van der Waals surface area (Å²) in [7, 11) is 0. The number of fused-ring (bicyclic) bond motifs is 1. The Hall–Kier alpha value is -0.610. The normalized spacial score (nSPS) is 22.8. The molecule has 1 aliphatic carbocycles. The summed E-state index contributed by atoms with van der Waals surface area (Å²) in [5.41, 5.74) is 1.65. The molecule has 108 valence electrons. The lowest BCUT2D eigenvalue weighted by Gasteiger charge is -2.14. The zero-order valence-corrected chi connectivity index (χ0v) is 13.7. The number of imidazole rings is 1. The van der Waals surface area contributed by atoms with Crippen molar-refractivity contribution in [2.45, 2.75) is 38.6 Å². The topological polar surface area (TPSA) is 17.8 Å². The number of hydrogen-bond acceptors (Lipinski definition) is 1. The highest BCUT2D eigenvalue weighted by Crippen LogP contribution is 2.33. The molecule has 20 heavy (non-hydrogen) atoms. The van der Waals surface area contributed by atoms with Crippen molar-refractivity contribution in [2.75, 3.05) is 0 Å². The molecule has 0 spiro atoms. The molecule has 0 radical (unpaired) electrons. The van der Waals surface area contributed by atoms with Crippen LogP contribution in [0.5, 0.6) is 0 Å². The van der Waals surface area contributed by atoms with Crippen LogP contribution >= 0.6 is 27.5 Å². The third kappa shape index (κ3) is 2.60. The lowest BCUT2D eigenvalue weighted by atomic mass is 10.1. The lowest BCUT2D eigenvalue weighted by molar-refractivity contribution is 0.441. The van der Waals surface area contributed by atoms with Gasteiger partial charge in [-0.2, -0.15) is 0 Å². The van der Waals surface area contributed by atoms with Gasteiger partial charge in [0.15, 0.2) is 0 Å². The van der Waals surface area contributed by atoms with Gasteiger partial charge >= 0.3 is 0 Å². The van der Waals surface area contributed by atoms with Gasteiger partial charge in [-0.15, -0.1) is 11.6 Å². The SMILES string of the molecule is CC1CCC(Cn2c(CCl)nc3cc(Br)c(F)cc32)C1. The number of halogens is 3. The van der Waals surface area contributed by atoms with E-state index in [1.807, 2.05) is 0 Å². The molecule has 2 unspecified atom stereocenters. The molecule has 0 bridgehead atoms. The number of hydrogen-bond donors (Lipinski definition) is 0. The lowest BCUT2D eigenvalue weighted by Crippen LogP contribution is -2.10. The largest absolute Gasteiger partial charge is 0.327 e. The highest BCUT2D eigenvalue weighted by Gasteiger charge is 2.23. The van der Waals surface area contributed by atoms with E-state index in [1.165, 1.54) is 19.3 Å². The molecule has 0 saturated heterocycles. The molecule has 1 aliphatic rings. The minimum Gasteiger partial charge on any atom is -0.327 e. The van der Waals surface area contributed by atoms with Crippen LogP contribution in [0.1, 0.15) is 32.0 Å². The van der Waals surface area contributed by atoms with Crippen LogP contribution in [0.3, 0.4) is 0 Å². The molecular formula is C15H17BrClFN2. The van der Waals surface area contributed by atoms with E-state index in [2.05, 4.69) is 32.4 Å². The maximum atomic E-state index is 13.8. The summed E-state index contributed by atoms with van der Waals surface area (Å²) >= 11 is 9.22. The molecule has 0 N–H and O–H groups in total. The van der Waals surface area contributed by atoms with Gasteiger partial charge in [0.25, 0.3) is 0 Å². The van der Waals surface area contributed by atoms with Gasteiger partial charge in [0, 0.05) is 12.6 Å². The molecule has 5 heteroatoms. The van der Waals surface area contributed by atoms with Crippen LogP contribution in [0, 0.1) is 17.7 Å². The maximum absolute atomic E-state index is 13.8. The molecule has 2 aromatic rings. The van der Waals surface area contributed by atoms with Crippen molar-refractivity contribution >= 4 is 38.6 Å². The minimum atomic E-state index is -0.250. The molecular weight excluding hydrogens is 343 g/mol. The van der Waals surface area contributed by atoms with Gasteiger partial charge in [-0.05, 0) is 46.7 Å². The minimum absolute atomic E-state index is 0.250. The molecule has 1 heterocycles. The van der Waals surface area contributed by atoms with Gasteiger partial charge < -0.3 is 4.57 Å². The van der Waals surface area contributed by atoms with Crippen LogP contribution in [0.4, 0.5) is 4.39 Å². The Balaban J connectivity index is 2.01. The zero-order chi connectivity index (χ0) is 14.3. The van der Waals surface area contributed by atoms with Crippen LogP contribution in [0.15, 0.2) is 16.6 Å². The van der Waals surface area contributed by atoms with E-state index >= 15 is 0 Å². The molecule has 3 rings (SSSR count). The van der Waals surface area contributed by atoms with Crippen molar-refractivity contribution in [3.63, 3.8) is 0 Å². The number of rotatable bonds is 3. The molecule has 2 atom stereocenters. The average molecular weight is 360 g/mol. The Kier molecular flexibility index (Phi) is 4.04. The summed E-state index contributed by atoms with van der Waals surface area (Å²) in [5, 5.41) is 0. The quantitative estimate of drug-likeness (QED) is 0.696. The summed E-state index contributed by atoms with van der Waals surface area (Å²) < 4.78 is 16.3. The van der Waals surface area contributed by atoms with Crippen LogP contribution < -0.4 is 0 Å². The predicted octanol–water partition coefficient (Wildman–Crippen LogP) is 5.11. The number of nitrogens with zero attached hydrogens (tertiary/aromatic N) is 2. The van der Waals surface area contributed by atoms with E-state index in [-0.39, 0.29) is 5.82 Å². The average Bonchev–Trinajstić information content (AvgIpc) is 2.96. The molecule has 1 aromatic heterocycles. The fraction of sp³-hybridized carbons (Fsp3) is 0.533. The van der Waals surface area contributed by atoms with Crippen LogP contribution in [-0.4, -0.2) is 9.55 Å². The Bertz CT molecular complexity index is 640. The Morgan fingerprint density at radius 2 is 2.25 bits per heavy atom. The number of alkyl halides is 1. The third-order valence-electron chi connectivity index (χ3n) is 4.23. The second-order valence-electron chi connectivity index (χ2n) is 5.81. The van der Waals surface area contributed by atoms with Crippen molar-refractivity contribution in [1.82, 2.24) is 9.55 Å². The maximum Gasteiger partial charge on any atom is 0.139 e. The first-order chi connectivity index (χ1) is 9.58. The Morgan fingerprint density at radius 1 is 1.45 bits per heavy atom. The summed E-state index contributed by atoms with van der Waals surface area (Å²) in [6, 6.07) is 3.29. The van der Waals surface area contributed by atoms with Gasteiger partial charge in [-0.25, -0.2) is 9.37 Å². The van der Waals surface area contributed by atoms with Crippen LogP contribution in [0.25, 0.3) is 11.0 Å². The van der Waals surface area contributed by atoms with E-state index in [0.717, 1.165) is 29.3 Å². The monoisotopic (exact) mass is 358 g/mol. The predicted molar refractivity (Wildman–Crippen MR) is 83.5 cm³/mol. The number of benzene rings is 1. The van der Waals surface area contributed by atoms with Crippen molar-refractivity contribution in [2.24, 2.45) is 11.8 Å². The van der Waals surface area contributed by atoms with E-state index in [9.17, 15) is 4.39 Å². The van der Waals surface area contributed by atoms with Crippen molar-refractivity contribution in [1.29, 1.82) is 0 Å². The summed E-state index contributed by atoms with van der Waals surface area (Å²) in [6.45, 7) is 3.19. The molecule has 2 nitrogen and oxygen atoms in total. The summed E-state index contributed by atoms with van der Waals surface area (Å²) in [4.78, 5) is 4.53. The first-order valence-electron chi connectivity index (χ1n) is 6.98. The standard InChI is InChI=1S/C15H17BrClFN2/c1-9-2-3-10(4-9)8-20-14-6-12(18)11(16)5-13(14)19-15(20)7-17/h5-6,9-10H,2-4,7-8H2,1H3. The van der Waals surface area contributed by atoms with Gasteiger partial charge in [0.2, 0.25) is 0 Å². The van der Waals surface area contributed by atoms with E-state index in [1.54, 1.807) is 12.1 Å². The Morgan fingerprint density at radius 3 is 2.90 bits per heavy atom. The molecule has 1 aromatic carbocycles. The second-order valence-corrected chi connectivity index (χ2v) is 6.93. The van der Waals surface area contributed by atoms with Gasteiger partial charge in [-0.3, -0.25) is 0 Å². The number of aromatic nitrogens is 2. The van der Waals surface area contributed by atoms with Gasteiger partial charge in [0.05, 0.1) is 21.4 Å². The smallest absolute Gasteiger partial charge is 0.139 e. The van der Waals surface area contributed by atoms with Crippen molar-refractivity contribution in [3.8, 4) is 0 Å². The highest BCUT2D eigenvalue weighted by molar-refractivity contribution is 9.10. The molecule has 1 fully saturated rings. The van der Waals surface area contributed by atoms with E-state index in [4.69, 9.17) is 11.6 Å².